The van der Waals surface area contributed by atoms with Gasteiger partial charge in [-0.15, -0.1) is 0 Å². The predicted molar refractivity (Wildman–Crippen MR) is 104 cm³/mol. The Morgan fingerprint density at radius 1 is 0.571 bits per heavy atom. The fraction of sp³-hybridized carbons (Fsp3) is 1.00. The summed E-state index contributed by atoms with van der Waals surface area (Å²) in [6, 6.07) is 0. The summed E-state index contributed by atoms with van der Waals surface area (Å²) in [6.45, 7) is -2.00. The first-order chi connectivity index (χ1) is 16.5. The van der Waals surface area contributed by atoms with E-state index in [4.69, 9.17) is 29.6 Å². The maximum atomic E-state index is 10.7. The summed E-state index contributed by atoms with van der Waals surface area (Å²) in [7, 11) is 0. The fourth-order valence-electron chi connectivity index (χ4n) is 4.10. The van der Waals surface area contributed by atoms with E-state index in [1.165, 1.54) is 0 Å². The minimum Gasteiger partial charge on any atom is -0.394 e. The van der Waals surface area contributed by atoms with Gasteiger partial charge in [-0.05, 0) is 0 Å². The van der Waals surface area contributed by atoms with E-state index in [1.807, 2.05) is 0 Å². The quantitative estimate of drug-likeness (QED) is 0.133. The van der Waals surface area contributed by atoms with Crippen molar-refractivity contribution >= 4 is 0 Å². The summed E-state index contributed by atoms with van der Waals surface area (Å²) in [5.41, 5.74) is 0. The van der Waals surface area contributed by atoms with Crippen molar-refractivity contribution in [2.45, 2.75) is 92.1 Å². The highest BCUT2D eigenvalue weighted by atomic mass is 16.7. The molecule has 17 heteroatoms. The molecule has 3 fully saturated rings. The first-order valence-corrected chi connectivity index (χ1v) is 10.8. The van der Waals surface area contributed by atoms with Crippen LogP contribution in [0.1, 0.15) is 0 Å². The molecule has 0 unspecified atom stereocenters. The molecule has 0 bridgehead atoms. The lowest BCUT2D eigenvalue weighted by molar-refractivity contribution is -0.363. The zero-order valence-electron chi connectivity index (χ0n) is 18.3. The zero-order valence-corrected chi connectivity index (χ0v) is 18.3. The van der Waals surface area contributed by atoms with E-state index in [-0.39, 0.29) is 0 Å². The molecular weight excluding hydrogens is 486 g/mol. The van der Waals surface area contributed by atoms with Gasteiger partial charge in [0.1, 0.15) is 73.2 Å². The van der Waals surface area contributed by atoms with Crippen LogP contribution in [-0.2, 0) is 28.5 Å². The lowest BCUT2D eigenvalue weighted by Crippen LogP contribution is -2.65. The highest BCUT2D eigenvalue weighted by Crippen LogP contribution is 2.30. The van der Waals surface area contributed by atoms with Crippen LogP contribution in [0.2, 0.25) is 0 Å². The van der Waals surface area contributed by atoms with Crippen LogP contribution in [-0.4, -0.2) is 163 Å². The maximum Gasteiger partial charge on any atom is 0.187 e. The first-order valence-electron chi connectivity index (χ1n) is 10.8. The molecule has 15 atom stereocenters. The third kappa shape index (κ3) is 5.92. The van der Waals surface area contributed by atoms with Crippen LogP contribution >= 0.6 is 0 Å². The van der Waals surface area contributed by atoms with E-state index in [1.54, 1.807) is 0 Å². The molecule has 0 saturated carbocycles. The maximum absolute atomic E-state index is 10.7. The Bertz CT molecular complexity index is 658. The molecule has 17 nitrogen and oxygen atoms in total. The van der Waals surface area contributed by atoms with Gasteiger partial charge in [0.15, 0.2) is 18.9 Å². The van der Waals surface area contributed by atoms with Crippen molar-refractivity contribution < 1.29 is 79.6 Å². The van der Waals surface area contributed by atoms with E-state index >= 15 is 0 Å². The smallest absolute Gasteiger partial charge is 0.187 e. The highest BCUT2D eigenvalue weighted by Gasteiger charge is 2.52. The van der Waals surface area contributed by atoms with Crippen LogP contribution in [0.15, 0.2) is 0 Å². The van der Waals surface area contributed by atoms with Crippen LogP contribution in [0.4, 0.5) is 0 Å². The van der Waals surface area contributed by atoms with E-state index in [9.17, 15) is 51.1 Å². The van der Waals surface area contributed by atoms with Crippen molar-refractivity contribution in [2.24, 2.45) is 5.90 Å². The van der Waals surface area contributed by atoms with Gasteiger partial charge in [-0.3, -0.25) is 4.84 Å². The lowest BCUT2D eigenvalue weighted by atomic mass is 9.97. The van der Waals surface area contributed by atoms with Gasteiger partial charge in [-0.25, -0.2) is 5.90 Å². The van der Waals surface area contributed by atoms with Crippen molar-refractivity contribution in [2.75, 3.05) is 19.8 Å². The molecular formula is C18H33NO16. The highest BCUT2D eigenvalue weighted by molar-refractivity contribution is 4.95. The van der Waals surface area contributed by atoms with Crippen LogP contribution in [0.25, 0.3) is 0 Å². The van der Waals surface area contributed by atoms with Gasteiger partial charge in [0, 0.05) is 0 Å². The zero-order chi connectivity index (χ0) is 26.0. The Labute approximate surface area is 198 Å². The molecule has 35 heavy (non-hydrogen) atoms. The van der Waals surface area contributed by atoms with Crippen molar-refractivity contribution in [3.63, 3.8) is 0 Å². The monoisotopic (exact) mass is 519 g/mol. The van der Waals surface area contributed by atoms with Crippen LogP contribution in [0.5, 0.6) is 0 Å². The third-order valence-electron chi connectivity index (χ3n) is 6.20. The van der Waals surface area contributed by atoms with Crippen molar-refractivity contribution in [1.29, 1.82) is 0 Å². The summed E-state index contributed by atoms with van der Waals surface area (Å²) < 4.78 is 26.3. The van der Waals surface area contributed by atoms with Crippen molar-refractivity contribution in [3.8, 4) is 0 Å². The Kier molecular flexibility index (Phi) is 10.1. The number of nitrogens with two attached hydrogens (primary N) is 1. The molecule has 3 saturated heterocycles. The molecule has 0 aromatic carbocycles. The lowest BCUT2D eigenvalue weighted by Gasteiger charge is -2.46. The van der Waals surface area contributed by atoms with Gasteiger partial charge in [0.25, 0.3) is 0 Å². The molecule has 3 rings (SSSR count). The normalized spacial score (nSPS) is 51.3. The second-order valence-corrected chi connectivity index (χ2v) is 8.48. The summed E-state index contributed by atoms with van der Waals surface area (Å²) in [5.74, 6) is 5.05. The van der Waals surface area contributed by atoms with Gasteiger partial charge in [0.2, 0.25) is 0 Å². The van der Waals surface area contributed by atoms with Gasteiger partial charge in [-0.2, -0.15) is 0 Å². The number of rotatable bonds is 8. The molecule has 0 aromatic rings. The molecule has 3 aliphatic rings. The van der Waals surface area contributed by atoms with Gasteiger partial charge in [-0.1, -0.05) is 0 Å². The summed E-state index contributed by atoms with van der Waals surface area (Å²) >= 11 is 0. The second kappa shape index (κ2) is 12.2. The van der Waals surface area contributed by atoms with Crippen molar-refractivity contribution in [1.82, 2.24) is 0 Å². The van der Waals surface area contributed by atoms with Gasteiger partial charge >= 0.3 is 0 Å². The topological polar surface area (TPSA) is 284 Å². The number of hydrogen-bond acceptors (Lipinski definition) is 17. The molecule has 3 heterocycles. The van der Waals surface area contributed by atoms with Crippen molar-refractivity contribution in [3.05, 3.63) is 0 Å². The Hall–Kier alpha value is -0.680. The molecule has 3 aliphatic heterocycles. The number of hydrogen-bond donors (Lipinski definition) is 11. The predicted octanol–water partition coefficient (Wildman–Crippen LogP) is -7.67. The fourth-order valence-corrected chi connectivity index (χ4v) is 4.10. The van der Waals surface area contributed by atoms with Gasteiger partial charge in [0.05, 0.1) is 19.8 Å². The Morgan fingerprint density at radius 2 is 1.17 bits per heavy atom. The average molecular weight is 519 g/mol. The molecule has 206 valence electrons. The number of ether oxygens (including phenoxy) is 5. The van der Waals surface area contributed by atoms with E-state index < -0.39 is 112 Å². The van der Waals surface area contributed by atoms with E-state index in [2.05, 4.69) is 4.84 Å². The third-order valence-corrected chi connectivity index (χ3v) is 6.20. The second-order valence-electron chi connectivity index (χ2n) is 8.48. The van der Waals surface area contributed by atoms with E-state index in [0.29, 0.717) is 0 Å². The van der Waals surface area contributed by atoms with Gasteiger partial charge < -0.3 is 74.7 Å². The SMILES string of the molecule is NO[C@H]1[C@H](O)[C@H](O)[C@@H](O[C@@H]2[C@H](O)[C@@H](O)O[C@H](CO[C@H]3O[C@H](CO)[C@@H](O)[C@H](O)[C@@H]3O)[C@H]2O)O[C@@H]1CO. The standard InChI is InChI=1S/C18H33NO16/c19-35-14-5(2-21)33-18(12(27)10(14)25)34-15-8(23)6(31-16(29)13(15)28)3-30-17-11(26)9(24)7(22)4(1-20)32-17/h4-18,20-29H,1-3,19H2/t4-,5-,6-,7-,8-,9+,10-,11+,12+,13+,14-,15+,16+,17+,18-/m1/s1. The molecule has 0 radical (unpaired) electrons. The summed E-state index contributed by atoms with van der Waals surface area (Å²) in [6.07, 6.45) is -24.3. The number of aliphatic hydroxyl groups excluding tert-OH is 10. The minimum absolute atomic E-state index is 0.605. The largest absolute Gasteiger partial charge is 0.394 e. The molecule has 0 amide bonds. The van der Waals surface area contributed by atoms with Crippen LogP contribution < -0.4 is 5.90 Å². The molecule has 0 aliphatic carbocycles. The van der Waals surface area contributed by atoms with E-state index in [0.717, 1.165) is 0 Å². The van der Waals surface area contributed by atoms with Crippen LogP contribution in [0, 0.1) is 0 Å². The Morgan fingerprint density at radius 3 is 1.77 bits per heavy atom. The summed E-state index contributed by atoms with van der Waals surface area (Å²) in [4.78, 5) is 4.51. The molecule has 0 aromatic heterocycles. The summed E-state index contributed by atoms with van der Waals surface area (Å²) in [5, 5.41) is 99.9. The first kappa shape index (κ1) is 28.9. The average Bonchev–Trinajstić information content (AvgIpc) is 2.85. The Balaban J connectivity index is 1.66. The minimum atomic E-state index is -1.92. The molecule has 0 spiro atoms. The molecule has 12 N–H and O–H groups in total. The number of aliphatic hydroxyl groups is 10. The van der Waals surface area contributed by atoms with Crippen LogP contribution in [0.3, 0.4) is 0 Å².